The summed E-state index contributed by atoms with van der Waals surface area (Å²) < 4.78 is 15.8. The molecular weight excluding hydrogens is 278 g/mol. The molecule has 0 unspecified atom stereocenters. The monoisotopic (exact) mass is 309 g/mol. The maximum absolute atomic E-state index is 5.54. The quantitative estimate of drug-likeness (QED) is 0.568. The lowest BCUT2D eigenvalue weighted by atomic mass is 10.0. The Morgan fingerprint density at radius 3 is 2.23 bits per heavy atom. The summed E-state index contributed by atoms with van der Waals surface area (Å²) in [5, 5.41) is 3.44. The second-order valence-corrected chi connectivity index (χ2v) is 5.29. The van der Waals surface area contributed by atoms with Gasteiger partial charge in [0, 0.05) is 19.3 Å². The van der Waals surface area contributed by atoms with E-state index < -0.39 is 0 Å². The van der Waals surface area contributed by atoms with E-state index >= 15 is 0 Å². The average molecular weight is 309 g/mol. The number of hydrogen-bond donors (Lipinski definition) is 1. The first-order valence-electron chi connectivity index (χ1n) is 8.31. The van der Waals surface area contributed by atoms with E-state index in [0.29, 0.717) is 33.0 Å². The van der Waals surface area contributed by atoms with E-state index in [1.165, 1.54) is 23.2 Å². The van der Waals surface area contributed by atoms with Crippen LogP contribution >= 0.6 is 0 Å². The molecule has 0 aromatic heterocycles. The molecule has 4 heteroatoms. The third-order valence-corrected chi connectivity index (χ3v) is 3.38. The van der Waals surface area contributed by atoms with Gasteiger partial charge < -0.3 is 19.5 Å². The fourth-order valence-corrected chi connectivity index (χ4v) is 2.23. The summed E-state index contributed by atoms with van der Waals surface area (Å²) in [7, 11) is 1.67. The highest BCUT2D eigenvalue weighted by atomic mass is 16.5. The van der Waals surface area contributed by atoms with Gasteiger partial charge in [0.2, 0.25) is 0 Å². The molecular formula is C18H31NO3. The Morgan fingerprint density at radius 1 is 0.864 bits per heavy atom. The molecule has 0 fully saturated rings. The molecule has 0 aliphatic rings. The molecule has 0 radical (unpaired) electrons. The minimum absolute atomic E-state index is 0.620. The lowest BCUT2D eigenvalue weighted by Crippen LogP contribution is -2.13. The van der Waals surface area contributed by atoms with Crippen LogP contribution in [0.5, 0.6) is 0 Å². The van der Waals surface area contributed by atoms with Gasteiger partial charge in [0.15, 0.2) is 0 Å². The summed E-state index contributed by atoms with van der Waals surface area (Å²) in [5.74, 6) is 0. The standard InChI is InChI=1S/C18H31NO3/c1-4-6-17-13-16(5-2)14-18(15-17)19-7-8-21-11-12-22-10-9-20-3/h13-15,19H,4-12H2,1-3H3. The Morgan fingerprint density at radius 2 is 1.55 bits per heavy atom. The molecule has 0 atom stereocenters. The van der Waals surface area contributed by atoms with Crippen molar-refractivity contribution in [1.29, 1.82) is 0 Å². The molecule has 1 aromatic carbocycles. The molecule has 4 nitrogen and oxygen atoms in total. The van der Waals surface area contributed by atoms with Gasteiger partial charge in [0.25, 0.3) is 0 Å². The van der Waals surface area contributed by atoms with E-state index in [9.17, 15) is 0 Å². The molecule has 0 amide bonds. The van der Waals surface area contributed by atoms with Crippen LogP contribution in [0.15, 0.2) is 18.2 Å². The van der Waals surface area contributed by atoms with Crippen LogP contribution < -0.4 is 5.32 Å². The molecule has 0 spiro atoms. The fraction of sp³-hybridized carbons (Fsp3) is 0.667. The summed E-state index contributed by atoms with van der Waals surface area (Å²) in [4.78, 5) is 0. The Labute approximate surface area is 135 Å². The fourth-order valence-electron chi connectivity index (χ4n) is 2.23. The van der Waals surface area contributed by atoms with Crippen molar-refractivity contribution >= 4 is 5.69 Å². The van der Waals surface area contributed by atoms with Crippen molar-refractivity contribution in [1.82, 2.24) is 0 Å². The molecule has 0 bridgehead atoms. The van der Waals surface area contributed by atoms with Crippen LogP contribution in [0, 0.1) is 0 Å². The van der Waals surface area contributed by atoms with Crippen LogP contribution in [-0.2, 0) is 27.1 Å². The third kappa shape index (κ3) is 8.37. The smallest absolute Gasteiger partial charge is 0.0701 e. The van der Waals surface area contributed by atoms with E-state index in [4.69, 9.17) is 14.2 Å². The minimum Gasteiger partial charge on any atom is -0.383 e. The average Bonchev–Trinajstić information content (AvgIpc) is 2.53. The van der Waals surface area contributed by atoms with Crippen LogP contribution in [0.4, 0.5) is 5.69 Å². The zero-order chi connectivity index (χ0) is 16.0. The Bertz CT molecular complexity index is 396. The lowest BCUT2D eigenvalue weighted by Gasteiger charge is -2.11. The summed E-state index contributed by atoms with van der Waals surface area (Å²) in [6, 6.07) is 6.78. The van der Waals surface area contributed by atoms with Crippen LogP contribution in [0.25, 0.3) is 0 Å². The zero-order valence-corrected chi connectivity index (χ0v) is 14.3. The first kappa shape index (κ1) is 18.9. The molecule has 22 heavy (non-hydrogen) atoms. The zero-order valence-electron chi connectivity index (χ0n) is 14.3. The van der Waals surface area contributed by atoms with Crippen molar-refractivity contribution in [3.05, 3.63) is 29.3 Å². The second kappa shape index (κ2) is 12.4. The number of rotatable bonds is 13. The Balaban J connectivity index is 2.19. The van der Waals surface area contributed by atoms with Crippen molar-refractivity contribution in [2.75, 3.05) is 52.0 Å². The summed E-state index contributed by atoms with van der Waals surface area (Å²) in [6.07, 6.45) is 3.39. The van der Waals surface area contributed by atoms with Gasteiger partial charge in [-0.1, -0.05) is 26.3 Å². The largest absolute Gasteiger partial charge is 0.383 e. The van der Waals surface area contributed by atoms with E-state index in [2.05, 4.69) is 37.4 Å². The molecule has 1 rings (SSSR count). The number of hydrogen-bond acceptors (Lipinski definition) is 4. The molecule has 0 aliphatic carbocycles. The second-order valence-electron chi connectivity index (χ2n) is 5.29. The SMILES string of the molecule is CCCc1cc(CC)cc(NCCOCCOCCOC)c1. The molecule has 0 saturated heterocycles. The number of nitrogens with one attached hydrogen (secondary N) is 1. The lowest BCUT2D eigenvalue weighted by molar-refractivity contribution is 0.0272. The maximum atomic E-state index is 5.54. The normalized spacial score (nSPS) is 10.9. The first-order chi connectivity index (χ1) is 10.8. The van der Waals surface area contributed by atoms with Crippen molar-refractivity contribution in [3.63, 3.8) is 0 Å². The van der Waals surface area contributed by atoms with E-state index in [-0.39, 0.29) is 0 Å². The number of methoxy groups -OCH3 is 1. The molecule has 1 N–H and O–H groups in total. The topological polar surface area (TPSA) is 39.7 Å². The van der Waals surface area contributed by atoms with Crippen molar-refractivity contribution < 1.29 is 14.2 Å². The minimum atomic E-state index is 0.620. The maximum Gasteiger partial charge on any atom is 0.0701 e. The van der Waals surface area contributed by atoms with Crippen molar-refractivity contribution in [2.24, 2.45) is 0 Å². The molecule has 1 aromatic rings. The highest BCUT2D eigenvalue weighted by Crippen LogP contribution is 2.16. The van der Waals surface area contributed by atoms with Crippen molar-refractivity contribution in [3.8, 4) is 0 Å². The van der Waals surface area contributed by atoms with Gasteiger partial charge in [0.05, 0.1) is 33.0 Å². The summed E-state index contributed by atoms with van der Waals surface area (Å²) in [6.45, 7) is 8.42. The van der Waals surface area contributed by atoms with Crippen LogP contribution in [-0.4, -0.2) is 46.7 Å². The predicted octanol–water partition coefficient (Wildman–Crippen LogP) is 3.29. The highest BCUT2D eigenvalue weighted by Gasteiger charge is 2.00. The van der Waals surface area contributed by atoms with Crippen LogP contribution in [0.3, 0.4) is 0 Å². The number of ether oxygens (including phenoxy) is 3. The van der Waals surface area contributed by atoms with Gasteiger partial charge in [-0.2, -0.15) is 0 Å². The van der Waals surface area contributed by atoms with Gasteiger partial charge in [0.1, 0.15) is 0 Å². The van der Waals surface area contributed by atoms with Crippen LogP contribution in [0.1, 0.15) is 31.4 Å². The van der Waals surface area contributed by atoms with Gasteiger partial charge in [-0.3, -0.25) is 0 Å². The molecule has 0 heterocycles. The summed E-state index contributed by atoms with van der Waals surface area (Å²) >= 11 is 0. The van der Waals surface area contributed by atoms with Gasteiger partial charge in [-0.15, -0.1) is 0 Å². The van der Waals surface area contributed by atoms with Gasteiger partial charge in [-0.05, 0) is 36.1 Å². The van der Waals surface area contributed by atoms with Gasteiger partial charge >= 0.3 is 0 Å². The van der Waals surface area contributed by atoms with Crippen LogP contribution in [0.2, 0.25) is 0 Å². The third-order valence-electron chi connectivity index (χ3n) is 3.38. The van der Waals surface area contributed by atoms with Crippen molar-refractivity contribution in [2.45, 2.75) is 33.1 Å². The van der Waals surface area contributed by atoms with E-state index in [1.807, 2.05) is 0 Å². The number of anilines is 1. The summed E-state index contributed by atoms with van der Waals surface area (Å²) in [5.41, 5.74) is 4.00. The predicted molar refractivity (Wildman–Crippen MR) is 91.8 cm³/mol. The molecule has 126 valence electrons. The highest BCUT2D eigenvalue weighted by molar-refractivity contribution is 5.49. The Kier molecular flexibility index (Phi) is 10.7. The Hall–Kier alpha value is -1.10. The first-order valence-corrected chi connectivity index (χ1v) is 8.31. The number of aryl methyl sites for hydroxylation is 2. The van der Waals surface area contributed by atoms with E-state index in [1.54, 1.807) is 7.11 Å². The molecule has 0 aliphatic heterocycles. The number of benzene rings is 1. The van der Waals surface area contributed by atoms with Gasteiger partial charge in [-0.25, -0.2) is 0 Å². The van der Waals surface area contributed by atoms with E-state index in [0.717, 1.165) is 19.4 Å². The molecule has 0 saturated carbocycles.